The van der Waals surface area contributed by atoms with E-state index in [1.807, 2.05) is 25.4 Å². The Labute approximate surface area is 126 Å². The van der Waals surface area contributed by atoms with Crippen LogP contribution in [0.4, 0.5) is 0 Å². The van der Waals surface area contributed by atoms with E-state index in [-0.39, 0.29) is 0 Å². The van der Waals surface area contributed by atoms with E-state index in [0.29, 0.717) is 6.04 Å². The number of hydrogen-bond acceptors (Lipinski definition) is 4. The molecule has 1 saturated heterocycles. The maximum Gasteiger partial charge on any atom is 0.133 e. The van der Waals surface area contributed by atoms with E-state index in [0.717, 1.165) is 24.4 Å². The van der Waals surface area contributed by atoms with Gasteiger partial charge in [0.15, 0.2) is 0 Å². The van der Waals surface area contributed by atoms with Crippen molar-refractivity contribution < 1.29 is 4.52 Å². The molecule has 0 aromatic carbocycles. The van der Waals surface area contributed by atoms with Crippen molar-refractivity contribution in [2.45, 2.75) is 45.1 Å². The molecule has 0 N–H and O–H groups in total. The quantitative estimate of drug-likeness (QED) is 0.842. The Hall–Kier alpha value is -1.68. The average Bonchev–Trinajstić information content (AvgIpc) is 2.95. The van der Waals surface area contributed by atoms with Gasteiger partial charge in [-0.2, -0.15) is 0 Å². The summed E-state index contributed by atoms with van der Waals surface area (Å²) in [5.74, 6) is 0.908. The molecule has 3 heterocycles. The Balaban J connectivity index is 1.57. The van der Waals surface area contributed by atoms with E-state index in [2.05, 4.69) is 27.2 Å². The van der Waals surface area contributed by atoms with Gasteiger partial charge in [0.1, 0.15) is 11.5 Å². The summed E-state index contributed by atoms with van der Waals surface area (Å²) >= 11 is 0. The van der Waals surface area contributed by atoms with Crippen molar-refractivity contribution in [3.05, 3.63) is 47.6 Å². The summed E-state index contributed by atoms with van der Waals surface area (Å²) in [6.07, 6.45) is 9.83. The molecule has 0 amide bonds. The maximum atomic E-state index is 5.25. The van der Waals surface area contributed by atoms with Gasteiger partial charge in [0, 0.05) is 18.5 Å². The average molecular weight is 285 g/mol. The smallest absolute Gasteiger partial charge is 0.133 e. The third-order valence-electron chi connectivity index (χ3n) is 4.23. The molecule has 2 aromatic rings. The normalized spacial score (nSPS) is 19.8. The van der Waals surface area contributed by atoms with Crippen molar-refractivity contribution >= 4 is 0 Å². The van der Waals surface area contributed by atoms with Crippen molar-refractivity contribution in [2.75, 3.05) is 13.1 Å². The second-order valence-electron chi connectivity index (χ2n) is 5.87. The lowest BCUT2D eigenvalue weighted by Crippen LogP contribution is -2.34. The highest BCUT2D eigenvalue weighted by Gasteiger charge is 2.25. The summed E-state index contributed by atoms with van der Waals surface area (Å²) in [7, 11) is 0. The molecule has 0 saturated carbocycles. The van der Waals surface area contributed by atoms with Crippen LogP contribution in [-0.4, -0.2) is 28.1 Å². The van der Waals surface area contributed by atoms with Crippen LogP contribution < -0.4 is 0 Å². The highest BCUT2D eigenvalue weighted by Crippen LogP contribution is 2.30. The molecular formula is C17H23N3O. The fraction of sp³-hybridized carbons (Fsp3) is 0.529. The SMILES string of the molecule is Cc1cc([C@H]2CCCCN2CCCc2cccnc2)no1. The van der Waals surface area contributed by atoms with Gasteiger partial charge >= 0.3 is 0 Å². The summed E-state index contributed by atoms with van der Waals surface area (Å²) in [6.45, 7) is 4.25. The van der Waals surface area contributed by atoms with Crippen LogP contribution in [0, 0.1) is 6.92 Å². The Bertz CT molecular complexity index is 552. The molecule has 1 aliphatic rings. The Morgan fingerprint density at radius 2 is 2.33 bits per heavy atom. The summed E-state index contributed by atoms with van der Waals surface area (Å²) in [5.41, 5.74) is 2.43. The van der Waals surface area contributed by atoms with Gasteiger partial charge < -0.3 is 4.52 Å². The Morgan fingerprint density at radius 1 is 1.38 bits per heavy atom. The third-order valence-corrected chi connectivity index (χ3v) is 4.23. The fourth-order valence-corrected chi connectivity index (χ4v) is 3.17. The molecule has 2 aromatic heterocycles. The van der Waals surface area contributed by atoms with Crippen LogP contribution in [0.3, 0.4) is 0 Å². The number of piperidine rings is 1. The van der Waals surface area contributed by atoms with Crippen LogP contribution in [-0.2, 0) is 6.42 Å². The summed E-state index contributed by atoms with van der Waals surface area (Å²) in [5, 5.41) is 4.23. The van der Waals surface area contributed by atoms with E-state index >= 15 is 0 Å². The van der Waals surface area contributed by atoms with Crippen molar-refractivity contribution in [3.8, 4) is 0 Å². The minimum atomic E-state index is 0.435. The predicted octanol–water partition coefficient (Wildman–Crippen LogP) is 3.54. The first-order valence-electron chi connectivity index (χ1n) is 7.89. The molecule has 21 heavy (non-hydrogen) atoms. The molecule has 0 aliphatic carbocycles. The highest BCUT2D eigenvalue weighted by atomic mass is 16.5. The van der Waals surface area contributed by atoms with Gasteiger partial charge in [0.2, 0.25) is 0 Å². The number of likely N-dealkylation sites (tertiary alicyclic amines) is 1. The minimum Gasteiger partial charge on any atom is -0.361 e. The third kappa shape index (κ3) is 3.70. The highest BCUT2D eigenvalue weighted by molar-refractivity contribution is 5.10. The molecule has 0 bridgehead atoms. The molecule has 0 radical (unpaired) electrons. The number of rotatable bonds is 5. The van der Waals surface area contributed by atoms with E-state index in [1.165, 1.54) is 37.8 Å². The zero-order valence-corrected chi connectivity index (χ0v) is 12.7. The van der Waals surface area contributed by atoms with Crippen LogP contribution in [0.2, 0.25) is 0 Å². The standard InChI is InChI=1S/C17H23N3O/c1-14-12-16(19-21-14)17-8-2-3-10-20(17)11-5-7-15-6-4-9-18-13-15/h4,6,9,12-13,17H,2-3,5,7-8,10-11H2,1H3/t17-/m1/s1. The largest absolute Gasteiger partial charge is 0.361 e. The maximum absolute atomic E-state index is 5.25. The van der Waals surface area contributed by atoms with Gasteiger partial charge in [-0.25, -0.2) is 0 Å². The molecule has 4 nitrogen and oxygen atoms in total. The van der Waals surface area contributed by atoms with Crippen molar-refractivity contribution in [1.82, 2.24) is 15.0 Å². The zero-order chi connectivity index (χ0) is 14.5. The summed E-state index contributed by atoms with van der Waals surface area (Å²) in [4.78, 5) is 6.75. The first-order valence-corrected chi connectivity index (χ1v) is 7.89. The predicted molar refractivity (Wildman–Crippen MR) is 82.0 cm³/mol. The number of aromatic nitrogens is 2. The molecule has 1 aliphatic heterocycles. The molecule has 0 spiro atoms. The number of hydrogen-bond donors (Lipinski definition) is 0. The van der Waals surface area contributed by atoms with Crippen LogP contribution in [0.25, 0.3) is 0 Å². The van der Waals surface area contributed by atoms with Crippen LogP contribution in [0.15, 0.2) is 35.1 Å². The Kier molecular flexibility index (Phi) is 4.65. The first kappa shape index (κ1) is 14.3. The van der Waals surface area contributed by atoms with E-state index < -0.39 is 0 Å². The fourth-order valence-electron chi connectivity index (χ4n) is 3.17. The van der Waals surface area contributed by atoms with Crippen LogP contribution in [0.1, 0.15) is 48.7 Å². The van der Waals surface area contributed by atoms with E-state index in [9.17, 15) is 0 Å². The summed E-state index contributed by atoms with van der Waals surface area (Å²) < 4.78 is 5.25. The number of aryl methyl sites for hydroxylation is 2. The molecule has 112 valence electrons. The van der Waals surface area contributed by atoms with Crippen molar-refractivity contribution in [3.63, 3.8) is 0 Å². The van der Waals surface area contributed by atoms with Gasteiger partial charge in [-0.05, 0) is 57.3 Å². The monoisotopic (exact) mass is 285 g/mol. The van der Waals surface area contributed by atoms with Gasteiger partial charge in [-0.15, -0.1) is 0 Å². The molecule has 0 unspecified atom stereocenters. The van der Waals surface area contributed by atoms with Gasteiger partial charge in [-0.1, -0.05) is 17.6 Å². The molecule has 1 fully saturated rings. The molecule has 4 heteroatoms. The molecule has 3 rings (SSSR count). The second kappa shape index (κ2) is 6.85. The lowest BCUT2D eigenvalue weighted by Gasteiger charge is -2.34. The lowest BCUT2D eigenvalue weighted by atomic mass is 9.98. The molecular weight excluding hydrogens is 262 g/mol. The number of pyridine rings is 1. The van der Waals surface area contributed by atoms with Crippen molar-refractivity contribution in [1.29, 1.82) is 0 Å². The van der Waals surface area contributed by atoms with Gasteiger partial charge in [-0.3, -0.25) is 9.88 Å². The topological polar surface area (TPSA) is 42.2 Å². The van der Waals surface area contributed by atoms with Gasteiger partial charge in [0.05, 0.1) is 6.04 Å². The lowest BCUT2D eigenvalue weighted by molar-refractivity contribution is 0.140. The molecule has 1 atom stereocenters. The van der Waals surface area contributed by atoms with Gasteiger partial charge in [0.25, 0.3) is 0 Å². The second-order valence-corrected chi connectivity index (χ2v) is 5.87. The Morgan fingerprint density at radius 3 is 3.10 bits per heavy atom. The number of nitrogens with zero attached hydrogens (tertiary/aromatic N) is 3. The minimum absolute atomic E-state index is 0.435. The van der Waals surface area contributed by atoms with Crippen LogP contribution in [0.5, 0.6) is 0 Å². The van der Waals surface area contributed by atoms with E-state index in [4.69, 9.17) is 4.52 Å². The van der Waals surface area contributed by atoms with E-state index in [1.54, 1.807) is 0 Å². The summed E-state index contributed by atoms with van der Waals surface area (Å²) in [6, 6.07) is 6.69. The van der Waals surface area contributed by atoms with Crippen molar-refractivity contribution in [2.24, 2.45) is 0 Å². The first-order chi connectivity index (χ1) is 10.3. The zero-order valence-electron chi connectivity index (χ0n) is 12.7. The van der Waals surface area contributed by atoms with Crippen LogP contribution >= 0.6 is 0 Å².